The molecule has 2 aliphatic rings. The number of amides is 1. The number of alkyl halides is 3. The molecule has 0 N–H and O–H groups in total. The van der Waals surface area contributed by atoms with E-state index in [0.29, 0.717) is 31.6 Å². The van der Waals surface area contributed by atoms with Crippen molar-refractivity contribution >= 4 is 5.91 Å². The Hall–Kier alpha value is -2.58. The zero-order valence-corrected chi connectivity index (χ0v) is 15.9. The summed E-state index contributed by atoms with van der Waals surface area (Å²) in [5.74, 6) is 0.849. The van der Waals surface area contributed by atoms with Crippen LogP contribution in [0, 0.1) is 5.92 Å². The number of carbonyl (C=O) groups is 1. The zero-order chi connectivity index (χ0) is 20.4. The monoisotopic (exact) mass is 409 g/mol. The zero-order valence-electron chi connectivity index (χ0n) is 15.9. The molecular weight excluding hydrogens is 387 g/mol. The molecule has 0 saturated carbocycles. The number of aryl methyl sites for hydroxylation is 1. The number of likely N-dealkylation sites (tertiary alicyclic amines) is 1. The first kappa shape index (κ1) is 19.7. The summed E-state index contributed by atoms with van der Waals surface area (Å²) < 4.78 is 49.0. The number of carbonyl (C=O) groups excluding carboxylic acids is 1. The number of piperidine rings is 1. The Labute approximate surface area is 166 Å². The molecule has 29 heavy (non-hydrogen) atoms. The van der Waals surface area contributed by atoms with E-state index in [2.05, 4.69) is 10.1 Å². The van der Waals surface area contributed by atoms with Crippen molar-refractivity contribution in [3.05, 3.63) is 40.9 Å². The van der Waals surface area contributed by atoms with Gasteiger partial charge in [-0.2, -0.15) is 13.2 Å². The predicted molar refractivity (Wildman–Crippen MR) is 96.5 cm³/mol. The molecule has 0 spiro atoms. The first-order valence-electron chi connectivity index (χ1n) is 9.85. The van der Waals surface area contributed by atoms with Crippen molar-refractivity contribution in [1.29, 1.82) is 0 Å². The minimum Gasteiger partial charge on any atom is -0.477 e. The fourth-order valence-corrected chi connectivity index (χ4v) is 3.86. The molecule has 6 nitrogen and oxygen atoms in total. The predicted octanol–water partition coefficient (Wildman–Crippen LogP) is 3.90. The number of hydrogen-bond donors (Lipinski definition) is 0. The van der Waals surface area contributed by atoms with Crippen LogP contribution < -0.4 is 4.74 Å². The minimum absolute atomic E-state index is 0.0347. The Bertz CT molecular complexity index is 873. The fourth-order valence-electron chi connectivity index (χ4n) is 3.86. The highest BCUT2D eigenvalue weighted by molar-refractivity contribution is 5.94. The third-order valence-corrected chi connectivity index (χ3v) is 5.54. The SMILES string of the molecule is O=C(c1noc2c1CCCC2)N1CCC(COc2cccc(C(F)(F)F)n2)CC1. The second-order valence-corrected chi connectivity index (χ2v) is 7.55. The summed E-state index contributed by atoms with van der Waals surface area (Å²) in [5, 5.41) is 4.00. The van der Waals surface area contributed by atoms with E-state index in [0.717, 1.165) is 43.1 Å². The van der Waals surface area contributed by atoms with Gasteiger partial charge in [0.15, 0.2) is 5.69 Å². The van der Waals surface area contributed by atoms with Crippen LogP contribution in [-0.2, 0) is 19.0 Å². The van der Waals surface area contributed by atoms with Crippen LogP contribution in [0.5, 0.6) is 5.88 Å². The van der Waals surface area contributed by atoms with Crippen LogP contribution >= 0.6 is 0 Å². The molecule has 156 valence electrons. The molecule has 1 aliphatic carbocycles. The Balaban J connectivity index is 1.30. The molecule has 1 amide bonds. The van der Waals surface area contributed by atoms with Crippen LogP contribution in [-0.4, -0.2) is 40.6 Å². The molecule has 0 unspecified atom stereocenters. The van der Waals surface area contributed by atoms with Gasteiger partial charge in [-0.05, 0) is 44.1 Å². The molecule has 2 aromatic heterocycles. The number of nitrogens with zero attached hydrogens (tertiary/aromatic N) is 3. The average Bonchev–Trinajstić information content (AvgIpc) is 3.16. The summed E-state index contributed by atoms with van der Waals surface area (Å²) in [6.45, 7) is 1.39. The van der Waals surface area contributed by atoms with Crippen molar-refractivity contribution in [3.8, 4) is 5.88 Å². The Kier molecular flexibility index (Phi) is 5.47. The molecular formula is C20H22F3N3O3. The number of hydrogen-bond acceptors (Lipinski definition) is 5. The van der Waals surface area contributed by atoms with Crippen LogP contribution in [0.3, 0.4) is 0 Å². The van der Waals surface area contributed by atoms with Crippen LogP contribution in [0.2, 0.25) is 0 Å². The van der Waals surface area contributed by atoms with Gasteiger partial charge in [-0.15, -0.1) is 0 Å². The van der Waals surface area contributed by atoms with Gasteiger partial charge in [-0.1, -0.05) is 11.2 Å². The van der Waals surface area contributed by atoms with Crippen molar-refractivity contribution in [3.63, 3.8) is 0 Å². The topological polar surface area (TPSA) is 68.5 Å². The Morgan fingerprint density at radius 2 is 1.97 bits per heavy atom. The van der Waals surface area contributed by atoms with Gasteiger partial charge in [0.05, 0.1) is 6.61 Å². The maximum absolute atomic E-state index is 12.8. The summed E-state index contributed by atoms with van der Waals surface area (Å²) in [6, 6.07) is 3.62. The molecule has 3 heterocycles. The van der Waals surface area contributed by atoms with Gasteiger partial charge in [0, 0.05) is 31.1 Å². The second kappa shape index (κ2) is 8.04. The van der Waals surface area contributed by atoms with E-state index in [4.69, 9.17) is 9.26 Å². The van der Waals surface area contributed by atoms with Gasteiger partial charge in [-0.25, -0.2) is 4.98 Å². The van der Waals surface area contributed by atoms with Crippen molar-refractivity contribution in [2.24, 2.45) is 5.92 Å². The summed E-state index contributed by atoms with van der Waals surface area (Å²) >= 11 is 0. The second-order valence-electron chi connectivity index (χ2n) is 7.55. The van der Waals surface area contributed by atoms with E-state index >= 15 is 0 Å². The van der Waals surface area contributed by atoms with Gasteiger partial charge in [0.25, 0.3) is 5.91 Å². The lowest BCUT2D eigenvalue weighted by molar-refractivity contribution is -0.141. The van der Waals surface area contributed by atoms with Crippen LogP contribution in [0.4, 0.5) is 13.2 Å². The van der Waals surface area contributed by atoms with E-state index in [9.17, 15) is 18.0 Å². The Morgan fingerprint density at radius 3 is 2.72 bits per heavy atom. The number of fused-ring (bicyclic) bond motifs is 1. The molecule has 0 radical (unpaired) electrons. The normalized spacial score (nSPS) is 17.8. The fraction of sp³-hybridized carbons (Fsp3) is 0.550. The number of halogens is 3. The van der Waals surface area contributed by atoms with Crippen LogP contribution in [0.1, 0.15) is 53.2 Å². The van der Waals surface area contributed by atoms with E-state index in [1.54, 1.807) is 4.90 Å². The average molecular weight is 409 g/mol. The molecule has 0 aromatic carbocycles. The largest absolute Gasteiger partial charge is 0.477 e. The number of aromatic nitrogens is 2. The van der Waals surface area contributed by atoms with Crippen molar-refractivity contribution in [2.75, 3.05) is 19.7 Å². The smallest absolute Gasteiger partial charge is 0.433 e. The highest BCUT2D eigenvalue weighted by atomic mass is 19.4. The highest BCUT2D eigenvalue weighted by Crippen LogP contribution is 2.29. The number of pyridine rings is 1. The summed E-state index contributed by atoms with van der Waals surface area (Å²) in [6.07, 6.45) is 0.688. The molecule has 4 rings (SSSR count). The van der Waals surface area contributed by atoms with Gasteiger partial charge >= 0.3 is 6.18 Å². The first-order chi connectivity index (χ1) is 13.9. The Morgan fingerprint density at radius 1 is 1.21 bits per heavy atom. The lowest BCUT2D eigenvalue weighted by Crippen LogP contribution is -2.40. The molecule has 1 fully saturated rings. The van der Waals surface area contributed by atoms with Crippen molar-refractivity contribution < 1.29 is 27.2 Å². The molecule has 0 bridgehead atoms. The summed E-state index contributed by atoms with van der Waals surface area (Å²) in [4.78, 5) is 18.1. The lowest BCUT2D eigenvalue weighted by atomic mass is 9.94. The van der Waals surface area contributed by atoms with Crippen molar-refractivity contribution in [2.45, 2.75) is 44.7 Å². The summed E-state index contributed by atoms with van der Waals surface area (Å²) in [5.41, 5.74) is 0.413. The van der Waals surface area contributed by atoms with E-state index in [1.165, 1.54) is 12.1 Å². The van der Waals surface area contributed by atoms with Crippen LogP contribution in [0.15, 0.2) is 22.7 Å². The van der Waals surface area contributed by atoms with Crippen LogP contribution in [0.25, 0.3) is 0 Å². The quantitative estimate of drug-likeness (QED) is 0.766. The van der Waals surface area contributed by atoms with Crippen molar-refractivity contribution in [1.82, 2.24) is 15.0 Å². The molecule has 0 atom stereocenters. The van der Waals surface area contributed by atoms with Gasteiger partial charge in [0.2, 0.25) is 5.88 Å². The number of ether oxygens (including phenoxy) is 1. The maximum Gasteiger partial charge on any atom is 0.433 e. The van der Waals surface area contributed by atoms with Gasteiger partial charge < -0.3 is 14.2 Å². The molecule has 1 aliphatic heterocycles. The maximum atomic E-state index is 12.8. The van der Waals surface area contributed by atoms with Gasteiger partial charge in [-0.3, -0.25) is 4.79 Å². The molecule has 9 heteroatoms. The van der Waals surface area contributed by atoms with E-state index < -0.39 is 11.9 Å². The standard InChI is InChI=1S/C20H22F3N3O3/c21-20(22,23)16-6-3-7-17(24-16)28-12-13-8-10-26(11-9-13)19(27)18-14-4-1-2-5-15(14)29-25-18/h3,6-7,13H,1-2,4-5,8-12H2. The first-order valence-corrected chi connectivity index (χ1v) is 9.85. The van der Waals surface area contributed by atoms with E-state index in [1.807, 2.05) is 0 Å². The molecule has 1 saturated heterocycles. The number of rotatable bonds is 4. The van der Waals surface area contributed by atoms with E-state index in [-0.39, 0.29) is 24.3 Å². The molecule has 2 aromatic rings. The third-order valence-electron chi connectivity index (χ3n) is 5.54. The lowest BCUT2D eigenvalue weighted by Gasteiger charge is -2.31. The minimum atomic E-state index is -4.49. The third kappa shape index (κ3) is 4.38. The summed E-state index contributed by atoms with van der Waals surface area (Å²) in [7, 11) is 0. The highest BCUT2D eigenvalue weighted by Gasteiger charge is 2.33. The van der Waals surface area contributed by atoms with Gasteiger partial charge in [0.1, 0.15) is 11.5 Å².